The highest BCUT2D eigenvalue weighted by atomic mass is 19.1. The molecule has 0 heterocycles. The lowest BCUT2D eigenvalue weighted by atomic mass is 10.1. The number of aryl methyl sites for hydroxylation is 2. The predicted octanol–water partition coefficient (Wildman–Crippen LogP) is 3.99. The summed E-state index contributed by atoms with van der Waals surface area (Å²) < 4.78 is 23.8. The van der Waals surface area contributed by atoms with Crippen LogP contribution in [0.2, 0.25) is 0 Å². The van der Waals surface area contributed by atoms with Gasteiger partial charge in [0.05, 0.1) is 26.3 Å². The minimum absolute atomic E-state index is 0.0268. The Bertz CT molecular complexity index is 919. The predicted molar refractivity (Wildman–Crippen MR) is 125 cm³/mol. The normalized spacial score (nSPS) is 11.2. The first-order valence-corrected chi connectivity index (χ1v) is 11.2. The van der Waals surface area contributed by atoms with Gasteiger partial charge in [-0.1, -0.05) is 12.1 Å². The van der Waals surface area contributed by atoms with Crippen LogP contribution in [0.1, 0.15) is 30.5 Å². The van der Waals surface area contributed by atoms with Gasteiger partial charge in [0.1, 0.15) is 18.1 Å². The summed E-state index contributed by atoms with van der Waals surface area (Å²) in [6, 6.07) is 9.32. The van der Waals surface area contributed by atoms with Gasteiger partial charge in [0.15, 0.2) is 6.54 Å². The van der Waals surface area contributed by atoms with Crippen molar-refractivity contribution in [2.45, 2.75) is 34.1 Å². The molecule has 0 aliphatic carbocycles. The first-order valence-electron chi connectivity index (χ1n) is 11.2. The minimum atomic E-state index is -0.829. The summed E-state index contributed by atoms with van der Waals surface area (Å²) in [6.45, 7) is 10.1. The number of hydrogen-bond acceptors (Lipinski definition) is 5. The van der Waals surface area contributed by atoms with Crippen molar-refractivity contribution in [3.63, 3.8) is 0 Å². The molecule has 0 spiro atoms. The lowest BCUT2D eigenvalue weighted by Gasteiger charge is -2.35. The Labute approximate surface area is 194 Å². The molecule has 1 amide bonds. The molecule has 0 saturated carbocycles. The molecule has 2 rings (SSSR count). The Kier molecular flexibility index (Phi) is 9.81. The second-order valence-corrected chi connectivity index (χ2v) is 8.14. The van der Waals surface area contributed by atoms with Crippen LogP contribution in [0, 0.1) is 19.7 Å². The topological polar surface area (TPSA) is 84.9 Å². The van der Waals surface area contributed by atoms with Crippen molar-refractivity contribution >= 4 is 17.7 Å². The van der Waals surface area contributed by atoms with Crippen molar-refractivity contribution < 1.29 is 33.0 Å². The third-order valence-corrected chi connectivity index (χ3v) is 5.89. The van der Waals surface area contributed by atoms with E-state index in [-0.39, 0.29) is 31.5 Å². The van der Waals surface area contributed by atoms with Crippen LogP contribution in [0.25, 0.3) is 0 Å². The second-order valence-electron chi connectivity index (χ2n) is 8.14. The number of nitrogens with zero attached hydrogens (tertiary/aromatic N) is 1. The van der Waals surface area contributed by atoms with Crippen LogP contribution in [-0.4, -0.2) is 61.0 Å². The largest absolute Gasteiger partial charge is 0.513 e. The number of halogens is 1. The van der Waals surface area contributed by atoms with Gasteiger partial charge in [-0.25, -0.2) is 9.18 Å². The van der Waals surface area contributed by atoms with Crippen molar-refractivity contribution in [3.05, 3.63) is 58.9 Å². The number of aliphatic hydroxyl groups is 1. The molecule has 0 atom stereocenters. The summed E-state index contributed by atoms with van der Waals surface area (Å²) in [6.07, 6.45) is -0.380. The molecule has 0 fully saturated rings. The molecule has 2 N–H and O–H groups in total. The Balaban J connectivity index is 1.94. The lowest BCUT2D eigenvalue weighted by Crippen LogP contribution is -2.53. The smallest absolute Gasteiger partial charge is 0.434 e. The number of hydrogen-bond donors (Lipinski definition) is 2. The molecule has 180 valence electrons. The molecular formula is C25H34FN2O5+. The zero-order chi connectivity index (χ0) is 24.4. The maximum absolute atomic E-state index is 12.9. The standard InChI is InChI=1S/C25H33FN2O5/c1-5-28(6-2,12-13-29)17-23(30)27-24-18(3)15-22(16-19(24)4)33-25(31)32-14-11-20-7-9-21(26)10-8-20/h7-10,15-16,29H,5-6,11-14,17H2,1-4H3/p+1. The van der Waals surface area contributed by atoms with Gasteiger partial charge in [-0.05, 0) is 68.7 Å². The fourth-order valence-electron chi connectivity index (χ4n) is 3.75. The van der Waals surface area contributed by atoms with Gasteiger partial charge < -0.3 is 24.4 Å². The van der Waals surface area contributed by atoms with Gasteiger partial charge >= 0.3 is 6.16 Å². The average Bonchev–Trinajstić information content (AvgIpc) is 2.77. The van der Waals surface area contributed by atoms with Crippen LogP contribution in [0.4, 0.5) is 14.9 Å². The minimum Gasteiger partial charge on any atom is -0.434 e. The highest BCUT2D eigenvalue weighted by molar-refractivity contribution is 5.93. The van der Waals surface area contributed by atoms with Gasteiger partial charge in [0.25, 0.3) is 5.91 Å². The quantitative estimate of drug-likeness (QED) is 0.300. The SMILES string of the molecule is CC[N+](CC)(CCO)CC(=O)Nc1c(C)cc(OC(=O)OCCc2ccc(F)cc2)cc1C. The third kappa shape index (κ3) is 7.83. The van der Waals surface area contributed by atoms with Crippen molar-refractivity contribution in [1.82, 2.24) is 0 Å². The fourth-order valence-corrected chi connectivity index (χ4v) is 3.75. The van der Waals surface area contributed by atoms with E-state index in [4.69, 9.17) is 9.47 Å². The van der Waals surface area contributed by atoms with Gasteiger partial charge in [-0.2, -0.15) is 0 Å². The number of quaternary nitrogens is 1. The summed E-state index contributed by atoms with van der Waals surface area (Å²) >= 11 is 0. The highest BCUT2D eigenvalue weighted by Crippen LogP contribution is 2.27. The van der Waals surface area contributed by atoms with E-state index in [1.165, 1.54) is 12.1 Å². The van der Waals surface area contributed by atoms with Crippen molar-refractivity contribution in [1.29, 1.82) is 0 Å². The fraction of sp³-hybridized carbons (Fsp3) is 0.440. The summed E-state index contributed by atoms with van der Waals surface area (Å²) in [7, 11) is 0. The van der Waals surface area contributed by atoms with E-state index in [0.717, 1.165) is 29.8 Å². The van der Waals surface area contributed by atoms with E-state index < -0.39 is 6.16 Å². The molecule has 0 saturated heterocycles. The van der Waals surface area contributed by atoms with Gasteiger partial charge in [-0.3, -0.25) is 4.79 Å². The van der Waals surface area contributed by atoms with E-state index in [0.29, 0.717) is 28.9 Å². The molecular weight excluding hydrogens is 427 g/mol. The average molecular weight is 462 g/mol. The number of likely N-dealkylation sites (N-methyl/N-ethyl adjacent to an activating group) is 1. The Morgan fingerprint density at radius 3 is 2.21 bits per heavy atom. The maximum Gasteiger partial charge on any atom is 0.513 e. The number of carbonyl (C=O) groups is 2. The lowest BCUT2D eigenvalue weighted by molar-refractivity contribution is -0.917. The molecule has 0 bridgehead atoms. The van der Waals surface area contributed by atoms with Crippen molar-refractivity contribution in [2.75, 3.05) is 44.7 Å². The summed E-state index contributed by atoms with van der Waals surface area (Å²) in [4.78, 5) is 24.7. The van der Waals surface area contributed by atoms with E-state index in [1.54, 1.807) is 24.3 Å². The van der Waals surface area contributed by atoms with E-state index in [9.17, 15) is 19.1 Å². The number of anilines is 1. The zero-order valence-electron chi connectivity index (χ0n) is 19.8. The summed E-state index contributed by atoms with van der Waals surface area (Å²) in [5.41, 5.74) is 3.03. The molecule has 0 radical (unpaired) electrons. The van der Waals surface area contributed by atoms with Crippen LogP contribution in [0.15, 0.2) is 36.4 Å². The number of rotatable bonds is 11. The number of carbonyl (C=O) groups excluding carboxylic acids is 2. The maximum atomic E-state index is 12.9. The Morgan fingerprint density at radius 2 is 1.67 bits per heavy atom. The van der Waals surface area contributed by atoms with Gasteiger partial charge in [0, 0.05) is 12.1 Å². The van der Waals surface area contributed by atoms with Crippen molar-refractivity contribution in [2.24, 2.45) is 0 Å². The summed E-state index contributed by atoms with van der Waals surface area (Å²) in [5.74, 6) is -0.127. The number of benzene rings is 2. The zero-order valence-corrected chi connectivity index (χ0v) is 19.8. The molecule has 7 nitrogen and oxygen atoms in total. The molecule has 2 aromatic carbocycles. The van der Waals surface area contributed by atoms with Crippen LogP contribution >= 0.6 is 0 Å². The van der Waals surface area contributed by atoms with Crippen molar-refractivity contribution in [3.8, 4) is 5.75 Å². The van der Waals surface area contributed by atoms with Crippen LogP contribution in [0.3, 0.4) is 0 Å². The van der Waals surface area contributed by atoms with E-state index in [2.05, 4.69) is 5.32 Å². The van der Waals surface area contributed by atoms with E-state index in [1.807, 2.05) is 27.7 Å². The molecule has 33 heavy (non-hydrogen) atoms. The Hall–Kier alpha value is -2.97. The van der Waals surface area contributed by atoms with Crippen LogP contribution < -0.4 is 10.1 Å². The molecule has 2 aromatic rings. The summed E-state index contributed by atoms with van der Waals surface area (Å²) in [5, 5.41) is 12.3. The molecule has 8 heteroatoms. The van der Waals surface area contributed by atoms with Crippen LogP contribution in [-0.2, 0) is 16.0 Å². The Morgan fingerprint density at radius 1 is 1.06 bits per heavy atom. The first-order chi connectivity index (χ1) is 15.7. The monoisotopic (exact) mass is 461 g/mol. The highest BCUT2D eigenvalue weighted by Gasteiger charge is 2.27. The van der Waals surface area contributed by atoms with Gasteiger partial charge in [0.2, 0.25) is 0 Å². The number of aliphatic hydroxyl groups excluding tert-OH is 1. The molecule has 0 aliphatic rings. The second kappa shape index (κ2) is 12.3. The number of amides is 1. The molecule has 0 aliphatic heterocycles. The van der Waals surface area contributed by atoms with E-state index >= 15 is 0 Å². The number of nitrogens with one attached hydrogen (secondary N) is 1. The number of ether oxygens (including phenoxy) is 2. The van der Waals surface area contributed by atoms with Crippen LogP contribution in [0.5, 0.6) is 5.75 Å². The first kappa shape index (κ1) is 26.3. The molecule has 0 aromatic heterocycles. The van der Waals surface area contributed by atoms with Gasteiger partial charge in [-0.15, -0.1) is 0 Å². The third-order valence-electron chi connectivity index (χ3n) is 5.89. The molecule has 0 unspecified atom stereocenters.